The number of nitrogens with one attached hydrogen (secondary N) is 1. The summed E-state index contributed by atoms with van der Waals surface area (Å²) in [7, 11) is 0. The standard InChI is InChI=1S/C17H31N3S/c1-7-12(4)15-9-20(16(8-18-15)11(2)3)14(6)17-19-13(5)10-21-17/h10-12,14-16,18H,7-9H2,1-6H3. The molecule has 2 heterocycles. The maximum Gasteiger partial charge on any atom is 0.110 e. The average Bonchev–Trinajstić information content (AvgIpc) is 2.91. The molecular formula is C17H31N3S. The van der Waals surface area contributed by atoms with Crippen molar-refractivity contribution in [1.82, 2.24) is 15.2 Å². The smallest absolute Gasteiger partial charge is 0.110 e. The topological polar surface area (TPSA) is 28.2 Å². The van der Waals surface area contributed by atoms with Crippen LogP contribution in [0.3, 0.4) is 0 Å². The van der Waals surface area contributed by atoms with Gasteiger partial charge in [-0.15, -0.1) is 11.3 Å². The number of aryl methyl sites for hydroxylation is 1. The summed E-state index contributed by atoms with van der Waals surface area (Å²) in [6.07, 6.45) is 1.24. The first-order valence-corrected chi connectivity index (χ1v) is 9.23. The number of nitrogens with zero attached hydrogens (tertiary/aromatic N) is 2. The Morgan fingerprint density at radius 1 is 1.38 bits per heavy atom. The van der Waals surface area contributed by atoms with Crippen LogP contribution < -0.4 is 5.32 Å². The molecule has 1 saturated heterocycles. The van der Waals surface area contributed by atoms with Gasteiger partial charge in [0.25, 0.3) is 0 Å². The second kappa shape index (κ2) is 7.21. The Balaban J connectivity index is 2.17. The van der Waals surface area contributed by atoms with E-state index in [-0.39, 0.29) is 0 Å². The van der Waals surface area contributed by atoms with E-state index < -0.39 is 0 Å². The van der Waals surface area contributed by atoms with E-state index in [0.717, 1.165) is 24.7 Å². The summed E-state index contributed by atoms with van der Waals surface area (Å²) in [4.78, 5) is 7.42. The van der Waals surface area contributed by atoms with Gasteiger partial charge in [0, 0.05) is 36.2 Å². The van der Waals surface area contributed by atoms with Crippen LogP contribution in [0.1, 0.15) is 57.8 Å². The molecule has 3 nitrogen and oxygen atoms in total. The highest BCUT2D eigenvalue weighted by Crippen LogP contribution is 2.30. The third-order valence-electron chi connectivity index (χ3n) is 5.01. The van der Waals surface area contributed by atoms with Gasteiger partial charge in [-0.3, -0.25) is 4.90 Å². The van der Waals surface area contributed by atoms with Crippen molar-refractivity contribution < 1.29 is 0 Å². The largest absolute Gasteiger partial charge is 0.311 e. The van der Waals surface area contributed by atoms with Crippen molar-refractivity contribution in [1.29, 1.82) is 0 Å². The van der Waals surface area contributed by atoms with Crippen molar-refractivity contribution in [3.05, 3.63) is 16.1 Å². The van der Waals surface area contributed by atoms with E-state index in [1.54, 1.807) is 0 Å². The van der Waals surface area contributed by atoms with Crippen LogP contribution in [-0.2, 0) is 0 Å². The maximum atomic E-state index is 4.73. The summed E-state index contributed by atoms with van der Waals surface area (Å²) in [5.74, 6) is 1.39. The quantitative estimate of drug-likeness (QED) is 0.895. The molecule has 0 amide bonds. The van der Waals surface area contributed by atoms with E-state index >= 15 is 0 Å². The van der Waals surface area contributed by atoms with Gasteiger partial charge < -0.3 is 5.32 Å². The van der Waals surface area contributed by atoms with Crippen molar-refractivity contribution >= 4 is 11.3 Å². The number of hydrogen-bond donors (Lipinski definition) is 1. The number of aromatic nitrogens is 1. The molecule has 4 heteroatoms. The Hall–Kier alpha value is -0.450. The molecule has 4 atom stereocenters. The molecule has 120 valence electrons. The molecule has 0 aromatic carbocycles. The highest BCUT2D eigenvalue weighted by Gasteiger charge is 2.35. The molecule has 0 saturated carbocycles. The number of hydrogen-bond acceptors (Lipinski definition) is 4. The summed E-state index contributed by atoms with van der Waals surface area (Å²) >= 11 is 1.81. The lowest BCUT2D eigenvalue weighted by atomic mass is 9.91. The van der Waals surface area contributed by atoms with E-state index in [9.17, 15) is 0 Å². The molecule has 0 aliphatic carbocycles. The van der Waals surface area contributed by atoms with Gasteiger partial charge in [0.2, 0.25) is 0 Å². The van der Waals surface area contributed by atoms with Crippen molar-refractivity contribution in [3.63, 3.8) is 0 Å². The lowest BCUT2D eigenvalue weighted by molar-refractivity contribution is 0.0487. The predicted octanol–water partition coefficient (Wildman–Crippen LogP) is 3.86. The van der Waals surface area contributed by atoms with Crippen LogP contribution in [0.4, 0.5) is 0 Å². The van der Waals surface area contributed by atoms with Gasteiger partial charge in [-0.05, 0) is 25.7 Å². The zero-order valence-electron chi connectivity index (χ0n) is 14.4. The number of rotatable bonds is 5. The normalized spacial score (nSPS) is 27.0. The lowest BCUT2D eigenvalue weighted by Crippen LogP contribution is -2.60. The van der Waals surface area contributed by atoms with Gasteiger partial charge in [-0.2, -0.15) is 0 Å². The van der Waals surface area contributed by atoms with E-state index in [1.807, 2.05) is 11.3 Å². The fraction of sp³-hybridized carbons (Fsp3) is 0.824. The molecule has 1 aliphatic heterocycles. The monoisotopic (exact) mass is 309 g/mol. The Morgan fingerprint density at radius 3 is 2.62 bits per heavy atom. The molecule has 21 heavy (non-hydrogen) atoms. The Bertz CT molecular complexity index is 443. The molecule has 1 aliphatic rings. The molecule has 4 unspecified atom stereocenters. The summed E-state index contributed by atoms with van der Waals surface area (Å²) in [6, 6.07) is 1.63. The summed E-state index contributed by atoms with van der Waals surface area (Å²) < 4.78 is 0. The van der Waals surface area contributed by atoms with Crippen LogP contribution in [0.25, 0.3) is 0 Å². The molecule has 0 spiro atoms. The molecular weight excluding hydrogens is 278 g/mol. The zero-order valence-corrected chi connectivity index (χ0v) is 15.2. The fourth-order valence-electron chi connectivity index (χ4n) is 3.25. The van der Waals surface area contributed by atoms with Crippen LogP contribution in [0.2, 0.25) is 0 Å². The van der Waals surface area contributed by atoms with E-state index in [2.05, 4.69) is 57.1 Å². The van der Waals surface area contributed by atoms with E-state index in [4.69, 9.17) is 4.98 Å². The molecule has 1 aromatic heterocycles. The maximum absolute atomic E-state index is 4.73. The van der Waals surface area contributed by atoms with Gasteiger partial charge in [-0.1, -0.05) is 34.1 Å². The highest BCUT2D eigenvalue weighted by atomic mass is 32.1. The second-order valence-corrected chi connectivity index (χ2v) is 7.80. The first-order valence-electron chi connectivity index (χ1n) is 8.35. The second-order valence-electron chi connectivity index (χ2n) is 6.91. The van der Waals surface area contributed by atoms with Crippen molar-refractivity contribution in [3.8, 4) is 0 Å². The Labute approximate surface area is 134 Å². The molecule has 2 rings (SSSR count). The summed E-state index contributed by atoms with van der Waals surface area (Å²) in [6.45, 7) is 16.0. The van der Waals surface area contributed by atoms with Gasteiger partial charge in [0.05, 0.1) is 6.04 Å². The SMILES string of the molecule is CCC(C)C1CN(C(C)c2nc(C)cs2)C(C(C)C)CN1. The molecule has 1 fully saturated rings. The average molecular weight is 310 g/mol. The predicted molar refractivity (Wildman–Crippen MR) is 91.8 cm³/mol. The summed E-state index contributed by atoms with van der Waals surface area (Å²) in [5, 5.41) is 7.22. The van der Waals surface area contributed by atoms with E-state index in [0.29, 0.717) is 24.0 Å². The minimum absolute atomic E-state index is 0.421. The highest BCUT2D eigenvalue weighted by molar-refractivity contribution is 7.09. The van der Waals surface area contributed by atoms with Crippen LogP contribution in [0, 0.1) is 18.8 Å². The Morgan fingerprint density at radius 2 is 2.10 bits per heavy atom. The van der Waals surface area contributed by atoms with Crippen molar-refractivity contribution in [2.45, 2.75) is 66.1 Å². The summed E-state index contributed by atoms with van der Waals surface area (Å²) in [5.41, 5.74) is 1.15. The van der Waals surface area contributed by atoms with Gasteiger partial charge in [-0.25, -0.2) is 4.98 Å². The zero-order chi connectivity index (χ0) is 15.6. The van der Waals surface area contributed by atoms with Crippen LogP contribution in [0.5, 0.6) is 0 Å². The van der Waals surface area contributed by atoms with Gasteiger partial charge in [0.1, 0.15) is 5.01 Å². The van der Waals surface area contributed by atoms with Crippen LogP contribution in [-0.4, -0.2) is 35.1 Å². The third kappa shape index (κ3) is 3.85. The third-order valence-corrected chi connectivity index (χ3v) is 6.15. The van der Waals surface area contributed by atoms with Crippen LogP contribution in [0.15, 0.2) is 5.38 Å². The van der Waals surface area contributed by atoms with Crippen molar-refractivity contribution in [2.24, 2.45) is 11.8 Å². The van der Waals surface area contributed by atoms with Gasteiger partial charge >= 0.3 is 0 Å². The molecule has 1 N–H and O–H groups in total. The van der Waals surface area contributed by atoms with Crippen molar-refractivity contribution in [2.75, 3.05) is 13.1 Å². The minimum Gasteiger partial charge on any atom is -0.311 e. The first kappa shape index (κ1) is 16.9. The fourth-order valence-corrected chi connectivity index (χ4v) is 4.13. The number of thiazole rings is 1. The minimum atomic E-state index is 0.421. The van der Waals surface area contributed by atoms with E-state index in [1.165, 1.54) is 11.4 Å². The lowest BCUT2D eigenvalue weighted by Gasteiger charge is -2.46. The first-order chi connectivity index (χ1) is 9.93. The Kier molecular flexibility index (Phi) is 5.81. The molecule has 0 radical (unpaired) electrons. The number of piperazine rings is 1. The van der Waals surface area contributed by atoms with Crippen LogP contribution >= 0.6 is 11.3 Å². The van der Waals surface area contributed by atoms with Gasteiger partial charge in [0.15, 0.2) is 0 Å². The molecule has 0 bridgehead atoms. The molecule has 1 aromatic rings.